The number of nitrogens with zero attached hydrogens (tertiary/aromatic N) is 3. The van der Waals surface area contributed by atoms with E-state index >= 15 is 0 Å². The predicted molar refractivity (Wildman–Crippen MR) is 81.5 cm³/mol. The number of benzene rings is 1. The molecule has 1 aliphatic rings. The van der Waals surface area contributed by atoms with E-state index in [2.05, 4.69) is 16.5 Å². The molecule has 1 aromatic heterocycles. The lowest BCUT2D eigenvalue weighted by Crippen LogP contribution is -2.43. The average Bonchev–Trinajstić information content (AvgIpc) is 3.25. The van der Waals surface area contributed by atoms with Gasteiger partial charge >= 0.3 is 0 Å². The van der Waals surface area contributed by atoms with Crippen molar-refractivity contribution in [1.29, 1.82) is 5.26 Å². The standard InChI is InChI=1S/C17H20N4/c1-14-9-11-19-21(14)12-10-17(13-18,20-16-7-8-16)15-5-3-2-4-6-15/h2-6,9,11,16,20H,7-8,10,12H2,1H3. The summed E-state index contributed by atoms with van der Waals surface area (Å²) in [4.78, 5) is 0. The highest BCUT2D eigenvalue weighted by Gasteiger charge is 2.37. The van der Waals surface area contributed by atoms with Crippen molar-refractivity contribution in [2.75, 3.05) is 0 Å². The zero-order chi connectivity index (χ0) is 14.7. The molecule has 4 nitrogen and oxygen atoms in total. The Labute approximate surface area is 125 Å². The van der Waals surface area contributed by atoms with E-state index in [1.54, 1.807) is 6.20 Å². The van der Waals surface area contributed by atoms with Gasteiger partial charge in [-0.25, -0.2) is 0 Å². The van der Waals surface area contributed by atoms with Crippen LogP contribution in [0.2, 0.25) is 0 Å². The number of rotatable bonds is 6. The Hall–Kier alpha value is -2.12. The number of hydrogen-bond acceptors (Lipinski definition) is 3. The molecule has 2 aromatic rings. The summed E-state index contributed by atoms with van der Waals surface area (Å²) in [5.41, 5.74) is 1.55. The number of aromatic nitrogens is 2. The monoisotopic (exact) mass is 280 g/mol. The average molecular weight is 280 g/mol. The summed E-state index contributed by atoms with van der Waals surface area (Å²) in [6.07, 6.45) is 4.85. The summed E-state index contributed by atoms with van der Waals surface area (Å²) in [6, 6.07) is 15.0. The third kappa shape index (κ3) is 2.98. The first kappa shape index (κ1) is 13.8. The van der Waals surface area contributed by atoms with Crippen LogP contribution < -0.4 is 5.32 Å². The molecule has 0 aliphatic heterocycles. The first-order valence-corrected chi connectivity index (χ1v) is 7.46. The van der Waals surface area contributed by atoms with Gasteiger partial charge in [-0.1, -0.05) is 30.3 Å². The van der Waals surface area contributed by atoms with Crippen LogP contribution in [-0.2, 0) is 12.1 Å². The Kier molecular flexibility index (Phi) is 3.76. The molecule has 1 aliphatic carbocycles. The predicted octanol–water partition coefficient (Wildman–Crippen LogP) is 2.75. The molecule has 108 valence electrons. The molecule has 3 rings (SSSR count). The van der Waals surface area contributed by atoms with E-state index in [4.69, 9.17) is 0 Å². The highest BCUT2D eigenvalue weighted by molar-refractivity contribution is 5.32. The van der Waals surface area contributed by atoms with Crippen LogP contribution in [-0.4, -0.2) is 15.8 Å². The van der Waals surface area contributed by atoms with Gasteiger partial charge in [0.1, 0.15) is 5.54 Å². The van der Waals surface area contributed by atoms with E-state index in [1.165, 1.54) is 0 Å². The maximum Gasteiger partial charge on any atom is 0.134 e. The zero-order valence-corrected chi connectivity index (χ0v) is 12.3. The van der Waals surface area contributed by atoms with Crippen molar-refractivity contribution in [3.05, 3.63) is 53.9 Å². The van der Waals surface area contributed by atoms with Crippen molar-refractivity contribution in [3.8, 4) is 6.07 Å². The smallest absolute Gasteiger partial charge is 0.134 e. The molecule has 21 heavy (non-hydrogen) atoms. The zero-order valence-electron chi connectivity index (χ0n) is 12.3. The van der Waals surface area contributed by atoms with Gasteiger partial charge < -0.3 is 0 Å². The minimum Gasteiger partial charge on any atom is -0.293 e. The van der Waals surface area contributed by atoms with Gasteiger partial charge in [-0.2, -0.15) is 10.4 Å². The first-order valence-electron chi connectivity index (χ1n) is 7.46. The van der Waals surface area contributed by atoms with Gasteiger partial charge in [0.15, 0.2) is 0 Å². The van der Waals surface area contributed by atoms with E-state index in [0.29, 0.717) is 12.5 Å². The molecule has 4 heteroatoms. The fourth-order valence-electron chi connectivity index (χ4n) is 2.66. The summed E-state index contributed by atoms with van der Waals surface area (Å²) < 4.78 is 1.96. The Morgan fingerprint density at radius 2 is 2.10 bits per heavy atom. The fraction of sp³-hybridized carbons (Fsp3) is 0.412. The molecule has 1 aromatic carbocycles. The minimum atomic E-state index is -0.624. The number of hydrogen-bond donors (Lipinski definition) is 1. The number of nitrogens with one attached hydrogen (secondary N) is 1. The van der Waals surface area contributed by atoms with Gasteiger partial charge in [-0.05, 0) is 31.4 Å². The van der Waals surface area contributed by atoms with Crippen molar-refractivity contribution >= 4 is 0 Å². The van der Waals surface area contributed by atoms with E-state index in [1.807, 2.05) is 48.0 Å². The molecule has 1 heterocycles. The lowest BCUT2D eigenvalue weighted by molar-refractivity contribution is 0.359. The van der Waals surface area contributed by atoms with E-state index in [9.17, 15) is 5.26 Å². The van der Waals surface area contributed by atoms with Crippen molar-refractivity contribution in [3.63, 3.8) is 0 Å². The quantitative estimate of drug-likeness (QED) is 0.885. The van der Waals surface area contributed by atoms with Crippen LogP contribution in [0.4, 0.5) is 0 Å². The maximum atomic E-state index is 9.86. The summed E-state index contributed by atoms with van der Waals surface area (Å²) >= 11 is 0. The highest BCUT2D eigenvalue weighted by atomic mass is 15.3. The number of nitriles is 1. The minimum absolute atomic E-state index is 0.476. The van der Waals surface area contributed by atoms with Crippen molar-refractivity contribution in [2.24, 2.45) is 0 Å². The molecule has 0 bridgehead atoms. The Balaban J connectivity index is 1.85. The second-order valence-electron chi connectivity index (χ2n) is 5.75. The maximum absolute atomic E-state index is 9.86. The Bertz CT molecular complexity index is 636. The second-order valence-corrected chi connectivity index (χ2v) is 5.75. The highest BCUT2D eigenvalue weighted by Crippen LogP contribution is 2.31. The Morgan fingerprint density at radius 1 is 1.33 bits per heavy atom. The molecule has 1 N–H and O–H groups in total. The lowest BCUT2D eigenvalue weighted by atomic mass is 9.87. The van der Waals surface area contributed by atoms with Crippen LogP contribution in [0.5, 0.6) is 0 Å². The molecule has 1 saturated carbocycles. The molecule has 1 fully saturated rings. The molecule has 0 spiro atoms. The van der Waals surface area contributed by atoms with E-state index < -0.39 is 5.54 Å². The fourth-order valence-corrected chi connectivity index (χ4v) is 2.66. The van der Waals surface area contributed by atoms with Crippen LogP contribution in [0.3, 0.4) is 0 Å². The molecule has 1 atom stereocenters. The van der Waals surface area contributed by atoms with Gasteiger partial charge in [-0.15, -0.1) is 0 Å². The second kappa shape index (κ2) is 5.71. The number of aryl methyl sites for hydroxylation is 2. The van der Waals surface area contributed by atoms with Gasteiger partial charge in [0.2, 0.25) is 0 Å². The summed E-state index contributed by atoms with van der Waals surface area (Å²) in [5.74, 6) is 0. The van der Waals surface area contributed by atoms with Crippen LogP contribution in [0.15, 0.2) is 42.6 Å². The summed E-state index contributed by atoms with van der Waals surface area (Å²) in [6.45, 7) is 2.78. The van der Waals surface area contributed by atoms with Crippen LogP contribution in [0.25, 0.3) is 0 Å². The normalized spacial score (nSPS) is 17.1. The van der Waals surface area contributed by atoms with Gasteiger partial charge in [0, 0.05) is 30.9 Å². The van der Waals surface area contributed by atoms with E-state index in [-0.39, 0.29) is 0 Å². The third-order valence-electron chi connectivity index (χ3n) is 4.11. The SMILES string of the molecule is Cc1ccnn1CCC(C#N)(NC1CC1)c1ccccc1. The molecular weight excluding hydrogens is 260 g/mol. The van der Waals surface area contributed by atoms with Crippen LogP contribution in [0, 0.1) is 18.3 Å². The van der Waals surface area contributed by atoms with Gasteiger partial charge in [-0.3, -0.25) is 10.00 Å². The molecule has 0 radical (unpaired) electrons. The Morgan fingerprint density at radius 3 is 2.67 bits per heavy atom. The summed E-state index contributed by atoms with van der Waals surface area (Å²) in [5, 5.41) is 17.7. The molecule has 0 amide bonds. The van der Waals surface area contributed by atoms with Gasteiger partial charge in [0.25, 0.3) is 0 Å². The van der Waals surface area contributed by atoms with E-state index in [0.717, 1.165) is 30.6 Å². The summed E-state index contributed by atoms with van der Waals surface area (Å²) in [7, 11) is 0. The first-order chi connectivity index (χ1) is 10.2. The van der Waals surface area contributed by atoms with Crippen LogP contribution >= 0.6 is 0 Å². The molecule has 0 saturated heterocycles. The van der Waals surface area contributed by atoms with Crippen molar-refractivity contribution in [1.82, 2.24) is 15.1 Å². The lowest BCUT2D eigenvalue weighted by Gasteiger charge is -2.29. The van der Waals surface area contributed by atoms with Gasteiger partial charge in [0.05, 0.1) is 6.07 Å². The largest absolute Gasteiger partial charge is 0.293 e. The van der Waals surface area contributed by atoms with Crippen molar-refractivity contribution in [2.45, 2.75) is 44.3 Å². The topological polar surface area (TPSA) is 53.6 Å². The van der Waals surface area contributed by atoms with Crippen LogP contribution in [0.1, 0.15) is 30.5 Å². The van der Waals surface area contributed by atoms with Crippen molar-refractivity contribution < 1.29 is 0 Å². The third-order valence-corrected chi connectivity index (χ3v) is 4.11. The molecular formula is C17H20N4. The molecule has 1 unspecified atom stereocenters.